The van der Waals surface area contributed by atoms with E-state index in [9.17, 15) is 25.2 Å². The van der Waals surface area contributed by atoms with Crippen LogP contribution in [0.3, 0.4) is 0 Å². The van der Waals surface area contributed by atoms with Gasteiger partial charge < -0.3 is 34.6 Å². The summed E-state index contributed by atoms with van der Waals surface area (Å²) < 4.78 is 17.2. The minimum atomic E-state index is -1.53. The van der Waals surface area contributed by atoms with Crippen LogP contribution in [0.4, 0.5) is 5.69 Å². The second-order valence-corrected chi connectivity index (χ2v) is 7.85. The van der Waals surface area contributed by atoms with Gasteiger partial charge in [0.25, 0.3) is 0 Å². The van der Waals surface area contributed by atoms with Crippen molar-refractivity contribution in [3.63, 3.8) is 0 Å². The maximum atomic E-state index is 11.7. The monoisotopic (exact) mass is 417 g/mol. The molecule has 4 N–H and O–H groups in total. The first-order chi connectivity index (χ1) is 14.2. The van der Waals surface area contributed by atoms with Crippen molar-refractivity contribution in [2.24, 2.45) is 4.99 Å². The molecule has 3 aliphatic rings. The van der Waals surface area contributed by atoms with E-state index < -0.39 is 42.9 Å². The van der Waals surface area contributed by atoms with Gasteiger partial charge in [-0.05, 0) is 44.2 Å². The Morgan fingerprint density at radius 3 is 2.63 bits per heavy atom. The number of aliphatic hydroxyl groups is 4. The molecule has 1 fully saturated rings. The largest absolute Gasteiger partial charge is 0.481 e. The maximum absolute atomic E-state index is 11.7. The van der Waals surface area contributed by atoms with E-state index in [4.69, 9.17) is 14.2 Å². The van der Waals surface area contributed by atoms with E-state index in [1.165, 1.54) is 12.2 Å². The van der Waals surface area contributed by atoms with Crippen molar-refractivity contribution in [1.82, 2.24) is 0 Å². The zero-order chi connectivity index (χ0) is 21.6. The van der Waals surface area contributed by atoms with Gasteiger partial charge in [-0.2, -0.15) is 0 Å². The third-order valence-electron chi connectivity index (χ3n) is 5.25. The fourth-order valence-electron chi connectivity index (χ4n) is 3.60. The SMILES string of the molecule is CC1(C)OC2=CC(=O)C=CC2=Nc2ccc(O[C@@H]3O[C@H](CO)[C@H](O)[C@H](O)[C@H]3O)cc21. The smallest absolute Gasteiger partial charge is 0.229 e. The van der Waals surface area contributed by atoms with E-state index in [2.05, 4.69) is 4.99 Å². The van der Waals surface area contributed by atoms with Crippen LogP contribution in [0, 0.1) is 0 Å². The number of carbonyl (C=O) groups excluding carboxylic acids is 1. The molecule has 0 bridgehead atoms. The molecule has 0 unspecified atom stereocenters. The van der Waals surface area contributed by atoms with Crippen LogP contribution in [0.25, 0.3) is 0 Å². The topological polar surface area (TPSA) is 138 Å². The number of hydrogen-bond acceptors (Lipinski definition) is 9. The van der Waals surface area contributed by atoms with Crippen molar-refractivity contribution in [2.45, 2.75) is 50.2 Å². The number of carbonyl (C=O) groups is 1. The molecule has 1 aromatic rings. The predicted octanol–water partition coefficient (Wildman–Crippen LogP) is 0.226. The van der Waals surface area contributed by atoms with E-state index >= 15 is 0 Å². The van der Waals surface area contributed by atoms with Gasteiger partial charge in [-0.3, -0.25) is 4.79 Å². The van der Waals surface area contributed by atoms with Crippen LogP contribution in [-0.4, -0.2) is 69.2 Å². The van der Waals surface area contributed by atoms with E-state index in [1.54, 1.807) is 24.3 Å². The minimum absolute atomic E-state index is 0.183. The number of fused-ring (bicyclic) bond motifs is 2. The van der Waals surface area contributed by atoms with Gasteiger partial charge in [0.05, 0.1) is 12.3 Å². The average Bonchev–Trinajstić information content (AvgIpc) is 2.81. The van der Waals surface area contributed by atoms with Crippen molar-refractivity contribution < 1.29 is 39.4 Å². The lowest BCUT2D eigenvalue weighted by Crippen LogP contribution is -2.60. The predicted molar refractivity (Wildman–Crippen MR) is 104 cm³/mol. The average molecular weight is 417 g/mol. The van der Waals surface area contributed by atoms with Crippen LogP contribution in [0.2, 0.25) is 0 Å². The van der Waals surface area contributed by atoms with Gasteiger partial charge in [0.1, 0.15) is 47.2 Å². The Morgan fingerprint density at radius 2 is 1.90 bits per heavy atom. The molecule has 1 saturated heterocycles. The molecule has 9 heteroatoms. The summed E-state index contributed by atoms with van der Waals surface area (Å²) in [6.45, 7) is 3.10. The minimum Gasteiger partial charge on any atom is -0.481 e. The fourth-order valence-corrected chi connectivity index (χ4v) is 3.60. The number of ketones is 1. The Hall–Kier alpha value is -2.56. The van der Waals surface area contributed by atoms with Gasteiger partial charge in [-0.1, -0.05) is 0 Å². The number of hydrogen-bond donors (Lipinski definition) is 4. The normalized spacial score (nSPS) is 32.2. The fraction of sp³-hybridized carbons (Fsp3) is 0.429. The number of aliphatic imine (C=N–C) groups is 1. The lowest BCUT2D eigenvalue weighted by Gasteiger charge is -2.39. The Bertz CT molecular complexity index is 948. The lowest BCUT2D eigenvalue weighted by atomic mass is 9.96. The van der Waals surface area contributed by atoms with Gasteiger partial charge >= 0.3 is 0 Å². The summed E-state index contributed by atoms with van der Waals surface area (Å²) in [5.74, 6) is 0.498. The van der Waals surface area contributed by atoms with Crippen LogP contribution in [0.15, 0.2) is 47.2 Å². The summed E-state index contributed by atoms with van der Waals surface area (Å²) in [5, 5.41) is 39.4. The summed E-state index contributed by atoms with van der Waals surface area (Å²) in [4.78, 5) is 16.3. The second-order valence-electron chi connectivity index (χ2n) is 7.85. The highest BCUT2D eigenvalue weighted by Gasteiger charge is 2.45. The molecule has 1 aromatic carbocycles. The molecule has 0 saturated carbocycles. The number of aliphatic hydroxyl groups excluding tert-OH is 4. The number of ether oxygens (including phenoxy) is 3. The third-order valence-corrected chi connectivity index (χ3v) is 5.25. The zero-order valence-corrected chi connectivity index (χ0v) is 16.4. The van der Waals surface area contributed by atoms with Crippen molar-refractivity contribution in [2.75, 3.05) is 6.61 Å². The summed E-state index contributed by atoms with van der Waals surface area (Å²) in [7, 11) is 0. The summed E-state index contributed by atoms with van der Waals surface area (Å²) in [6, 6.07) is 5.00. The first kappa shape index (κ1) is 20.7. The van der Waals surface area contributed by atoms with Gasteiger partial charge in [0.2, 0.25) is 6.29 Å². The molecule has 5 atom stereocenters. The Balaban J connectivity index is 1.64. The van der Waals surface area contributed by atoms with Crippen LogP contribution >= 0.6 is 0 Å². The van der Waals surface area contributed by atoms with Crippen molar-refractivity contribution in [3.8, 4) is 5.75 Å². The Labute approximate surface area is 172 Å². The van der Waals surface area contributed by atoms with Crippen LogP contribution in [0.1, 0.15) is 19.4 Å². The lowest BCUT2D eigenvalue weighted by molar-refractivity contribution is -0.277. The molecule has 4 rings (SSSR count). The molecule has 0 amide bonds. The Kier molecular flexibility index (Phi) is 5.25. The van der Waals surface area contributed by atoms with E-state index in [0.717, 1.165) is 0 Å². The summed E-state index contributed by atoms with van der Waals surface area (Å²) in [6.07, 6.45) is -2.49. The van der Waals surface area contributed by atoms with Crippen molar-refractivity contribution >= 4 is 17.2 Å². The number of allylic oxidation sites excluding steroid dienone is 3. The quantitative estimate of drug-likeness (QED) is 0.513. The highest BCUT2D eigenvalue weighted by Crippen LogP contribution is 2.41. The van der Waals surface area contributed by atoms with Gasteiger partial charge in [-0.25, -0.2) is 4.99 Å². The molecule has 9 nitrogen and oxygen atoms in total. The van der Waals surface area contributed by atoms with Crippen LogP contribution in [-0.2, 0) is 19.9 Å². The number of rotatable bonds is 3. The summed E-state index contributed by atoms with van der Waals surface area (Å²) >= 11 is 0. The standard InChI is InChI=1S/C21H23NO8/c1-21(2)12-8-11(28-20-19(27)18(26)17(25)16(9-23)29-20)4-6-13(12)22-14-5-3-10(24)7-15(14)30-21/h3-8,16-20,23,25-27H,9H2,1-2H3/t16-,17+,18+,19-,20-/m1/s1. The first-order valence-corrected chi connectivity index (χ1v) is 9.53. The molecule has 2 aliphatic heterocycles. The van der Waals surface area contributed by atoms with Crippen molar-refractivity contribution in [1.29, 1.82) is 0 Å². The first-order valence-electron chi connectivity index (χ1n) is 9.53. The second kappa shape index (κ2) is 7.60. The summed E-state index contributed by atoms with van der Waals surface area (Å²) in [5.41, 5.74) is 0.975. The molecule has 160 valence electrons. The number of benzene rings is 1. The molecular formula is C21H23NO8. The maximum Gasteiger partial charge on any atom is 0.229 e. The zero-order valence-electron chi connectivity index (χ0n) is 16.4. The molecule has 2 heterocycles. The molecule has 1 aliphatic carbocycles. The molecule has 30 heavy (non-hydrogen) atoms. The third kappa shape index (κ3) is 3.66. The highest BCUT2D eigenvalue weighted by atomic mass is 16.7. The van der Waals surface area contributed by atoms with Gasteiger partial charge in [-0.15, -0.1) is 0 Å². The number of nitrogens with zero attached hydrogens (tertiary/aromatic N) is 1. The van der Waals surface area contributed by atoms with Crippen LogP contribution < -0.4 is 4.74 Å². The van der Waals surface area contributed by atoms with Crippen LogP contribution in [0.5, 0.6) is 5.75 Å². The van der Waals surface area contributed by atoms with E-state index in [1.807, 2.05) is 13.8 Å². The highest BCUT2D eigenvalue weighted by molar-refractivity contribution is 6.19. The molecule has 0 aromatic heterocycles. The Morgan fingerprint density at radius 1 is 1.13 bits per heavy atom. The molecule has 0 radical (unpaired) electrons. The van der Waals surface area contributed by atoms with Crippen molar-refractivity contribution in [3.05, 3.63) is 47.7 Å². The van der Waals surface area contributed by atoms with Gasteiger partial charge in [0, 0.05) is 11.6 Å². The van der Waals surface area contributed by atoms with E-state index in [-0.39, 0.29) is 5.78 Å². The molecule has 0 spiro atoms. The molecular weight excluding hydrogens is 394 g/mol. The van der Waals surface area contributed by atoms with Gasteiger partial charge in [0.15, 0.2) is 5.78 Å². The van der Waals surface area contributed by atoms with E-state index in [0.29, 0.717) is 28.5 Å².